The molecule has 3 aromatic rings. The van der Waals surface area contributed by atoms with Crippen molar-refractivity contribution in [3.63, 3.8) is 0 Å². The van der Waals surface area contributed by atoms with Crippen molar-refractivity contribution in [3.05, 3.63) is 65.2 Å². The normalized spacial score (nSPS) is 10.7. The summed E-state index contributed by atoms with van der Waals surface area (Å²) in [6, 6.07) is 6.55. The summed E-state index contributed by atoms with van der Waals surface area (Å²) in [4.78, 5) is 20.1. The SMILES string of the molecule is Cc1cc(C)n(-c2cc(NC(=O)c3c(F)cccc3F)ncn2)n1. The molecule has 1 amide bonds. The molecule has 6 nitrogen and oxygen atoms in total. The maximum atomic E-state index is 13.7. The van der Waals surface area contributed by atoms with Gasteiger partial charge in [-0.05, 0) is 32.0 Å². The Hall–Kier alpha value is -3.16. The third-order valence-corrected chi connectivity index (χ3v) is 3.31. The van der Waals surface area contributed by atoms with Crippen LogP contribution < -0.4 is 5.32 Å². The average Bonchev–Trinajstić information content (AvgIpc) is 2.86. The summed E-state index contributed by atoms with van der Waals surface area (Å²) in [6.45, 7) is 3.70. The van der Waals surface area contributed by atoms with Gasteiger partial charge >= 0.3 is 0 Å². The Morgan fingerprint density at radius 2 is 1.83 bits per heavy atom. The van der Waals surface area contributed by atoms with E-state index >= 15 is 0 Å². The van der Waals surface area contributed by atoms with Gasteiger partial charge < -0.3 is 5.32 Å². The van der Waals surface area contributed by atoms with Gasteiger partial charge in [0.25, 0.3) is 5.91 Å². The van der Waals surface area contributed by atoms with E-state index in [2.05, 4.69) is 20.4 Å². The van der Waals surface area contributed by atoms with Gasteiger partial charge in [0, 0.05) is 11.8 Å². The van der Waals surface area contributed by atoms with E-state index in [0.29, 0.717) is 5.82 Å². The lowest BCUT2D eigenvalue weighted by molar-refractivity contribution is 0.101. The molecule has 3 rings (SSSR count). The number of nitrogens with one attached hydrogen (secondary N) is 1. The minimum Gasteiger partial charge on any atom is -0.306 e. The first-order valence-electron chi connectivity index (χ1n) is 7.07. The molecule has 0 unspecified atom stereocenters. The fourth-order valence-electron chi connectivity index (χ4n) is 2.29. The van der Waals surface area contributed by atoms with Crippen LogP contribution in [0.25, 0.3) is 5.82 Å². The maximum Gasteiger partial charge on any atom is 0.262 e. The number of aryl methyl sites for hydroxylation is 2. The number of amides is 1. The summed E-state index contributed by atoms with van der Waals surface area (Å²) >= 11 is 0. The highest BCUT2D eigenvalue weighted by molar-refractivity contribution is 6.04. The molecule has 0 saturated heterocycles. The van der Waals surface area contributed by atoms with E-state index in [1.54, 1.807) is 4.68 Å². The number of rotatable bonds is 3. The van der Waals surface area contributed by atoms with Crippen LogP contribution in [0.2, 0.25) is 0 Å². The van der Waals surface area contributed by atoms with Crippen molar-refractivity contribution in [2.75, 3.05) is 5.32 Å². The molecule has 0 aliphatic rings. The van der Waals surface area contributed by atoms with Crippen LogP contribution in [0.4, 0.5) is 14.6 Å². The van der Waals surface area contributed by atoms with Gasteiger partial charge in [-0.1, -0.05) is 6.07 Å². The van der Waals surface area contributed by atoms with E-state index in [4.69, 9.17) is 0 Å². The second-order valence-corrected chi connectivity index (χ2v) is 5.15. The van der Waals surface area contributed by atoms with Crippen LogP contribution in [0, 0.1) is 25.5 Å². The highest BCUT2D eigenvalue weighted by atomic mass is 19.1. The number of halogens is 2. The third-order valence-electron chi connectivity index (χ3n) is 3.31. The van der Waals surface area contributed by atoms with Crippen molar-refractivity contribution < 1.29 is 13.6 Å². The highest BCUT2D eigenvalue weighted by Crippen LogP contribution is 2.16. The Bertz CT molecular complexity index is 902. The van der Waals surface area contributed by atoms with Crippen LogP contribution in [0.15, 0.2) is 36.7 Å². The molecule has 2 heterocycles. The molecular formula is C16H13F2N5O. The van der Waals surface area contributed by atoms with E-state index in [0.717, 1.165) is 23.5 Å². The summed E-state index contributed by atoms with van der Waals surface area (Å²) in [5.74, 6) is -2.27. The summed E-state index contributed by atoms with van der Waals surface area (Å²) in [5.41, 5.74) is 0.998. The van der Waals surface area contributed by atoms with Gasteiger partial charge in [0.05, 0.1) is 5.69 Å². The van der Waals surface area contributed by atoms with Gasteiger partial charge in [0.2, 0.25) is 0 Å². The Morgan fingerprint density at radius 1 is 1.12 bits per heavy atom. The fraction of sp³-hybridized carbons (Fsp3) is 0.125. The predicted octanol–water partition coefficient (Wildman–Crippen LogP) is 2.81. The summed E-state index contributed by atoms with van der Waals surface area (Å²) in [6.07, 6.45) is 1.24. The number of anilines is 1. The molecule has 24 heavy (non-hydrogen) atoms. The number of aromatic nitrogens is 4. The second-order valence-electron chi connectivity index (χ2n) is 5.15. The topological polar surface area (TPSA) is 72.7 Å². The van der Waals surface area contributed by atoms with Crippen LogP contribution in [0.3, 0.4) is 0 Å². The smallest absolute Gasteiger partial charge is 0.262 e. The minimum absolute atomic E-state index is 0.111. The van der Waals surface area contributed by atoms with E-state index < -0.39 is 23.1 Å². The first kappa shape index (κ1) is 15.7. The molecule has 0 saturated carbocycles. The van der Waals surface area contributed by atoms with E-state index in [-0.39, 0.29) is 5.82 Å². The van der Waals surface area contributed by atoms with Crippen LogP contribution in [0.5, 0.6) is 0 Å². The molecule has 122 valence electrons. The molecule has 0 atom stereocenters. The van der Waals surface area contributed by atoms with E-state index in [9.17, 15) is 13.6 Å². The van der Waals surface area contributed by atoms with Crippen LogP contribution in [-0.2, 0) is 0 Å². The molecule has 2 aromatic heterocycles. The lowest BCUT2D eigenvalue weighted by atomic mass is 10.2. The Balaban J connectivity index is 1.90. The monoisotopic (exact) mass is 329 g/mol. The van der Waals surface area contributed by atoms with Crippen molar-refractivity contribution in [2.45, 2.75) is 13.8 Å². The van der Waals surface area contributed by atoms with Gasteiger partial charge in [-0.2, -0.15) is 5.10 Å². The molecule has 0 aliphatic carbocycles. The first-order chi connectivity index (χ1) is 11.5. The molecule has 1 aromatic carbocycles. The lowest BCUT2D eigenvalue weighted by Gasteiger charge is -2.08. The summed E-state index contributed by atoms with van der Waals surface area (Å²) in [7, 11) is 0. The molecule has 0 spiro atoms. The second kappa shape index (κ2) is 6.15. The van der Waals surface area contributed by atoms with E-state index in [1.165, 1.54) is 18.5 Å². The summed E-state index contributed by atoms with van der Waals surface area (Å²) < 4.78 is 28.9. The maximum absolute atomic E-state index is 13.7. The quantitative estimate of drug-likeness (QED) is 0.802. The Kier molecular flexibility index (Phi) is 4.03. The standard InChI is InChI=1S/C16H13F2N5O/c1-9-6-10(2)23(22-9)14-7-13(19-8-20-14)21-16(24)15-11(17)4-3-5-12(15)18/h3-8H,1-2H3,(H,19,20,21,24). The fourth-order valence-corrected chi connectivity index (χ4v) is 2.29. The van der Waals surface area contributed by atoms with Gasteiger partial charge in [-0.3, -0.25) is 4.79 Å². The first-order valence-corrected chi connectivity index (χ1v) is 7.07. The highest BCUT2D eigenvalue weighted by Gasteiger charge is 2.18. The van der Waals surface area contributed by atoms with E-state index in [1.807, 2.05) is 19.9 Å². The zero-order valence-electron chi connectivity index (χ0n) is 12.9. The Labute approximate surface area is 136 Å². The molecule has 0 fully saturated rings. The number of benzene rings is 1. The number of hydrogen-bond acceptors (Lipinski definition) is 4. The number of hydrogen-bond donors (Lipinski definition) is 1. The molecule has 0 aliphatic heterocycles. The van der Waals surface area contributed by atoms with Crippen molar-refractivity contribution in [3.8, 4) is 5.82 Å². The Morgan fingerprint density at radius 3 is 2.46 bits per heavy atom. The molecular weight excluding hydrogens is 316 g/mol. The largest absolute Gasteiger partial charge is 0.306 e. The zero-order chi connectivity index (χ0) is 17.3. The number of carbonyl (C=O) groups is 1. The van der Waals surface area contributed by atoms with Crippen molar-refractivity contribution in [1.82, 2.24) is 19.7 Å². The van der Waals surface area contributed by atoms with Crippen LogP contribution in [-0.4, -0.2) is 25.7 Å². The van der Waals surface area contributed by atoms with Crippen molar-refractivity contribution >= 4 is 11.7 Å². The number of nitrogens with zero attached hydrogens (tertiary/aromatic N) is 4. The summed E-state index contributed by atoms with van der Waals surface area (Å²) in [5, 5.41) is 6.65. The predicted molar refractivity (Wildman–Crippen MR) is 82.9 cm³/mol. The van der Waals surface area contributed by atoms with Crippen molar-refractivity contribution in [2.24, 2.45) is 0 Å². The average molecular weight is 329 g/mol. The third kappa shape index (κ3) is 2.98. The molecule has 1 N–H and O–H groups in total. The molecule has 8 heteroatoms. The number of carbonyl (C=O) groups excluding carboxylic acids is 1. The lowest BCUT2D eigenvalue weighted by Crippen LogP contribution is -2.17. The molecule has 0 radical (unpaired) electrons. The molecule has 0 bridgehead atoms. The van der Waals surface area contributed by atoms with Gasteiger partial charge in [0.15, 0.2) is 5.82 Å². The van der Waals surface area contributed by atoms with Crippen LogP contribution >= 0.6 is 0 Å². The van der Waals surface area contributed by atoms with Gasteiger partial charge in [0.1, 0.15) is 29.3 Å². The zero-order valence-corrected chi connectivity index (χ0v) is 12.9. The van der Waals surface area contributed by atoms with Gasteiger partial charge in [-0.15, -0.1) is 0 Å². The van der Waals surface area contributed by atoms with Crippen LogP contribution in [0.1, 0.15) is 21.7 Å². The van der Waals surface area contributed by atoms with Crippen molar-refractivity contribution in [1.29, 1.82) is 0 Å². The van der Waals surface area contributed by atoms with Gasteiger partial charge in [-0.25, -0.2) is 23.4 Å². The minimum atomic E-state index is -0.944.